The van der Waals surface area contributed by atoms with E-state index >= 15 is 0 Å². The van der Waals surface area contributed by atoms with E-state index in [9.17, 15) is 0 Å². The third-order valence-electron chi connectivity index (χ3n) is 3.22. The predicted octanol–water partition coefficient (Wildman–Crippen LogP) is -1.19. The summed E-state index contributed by atoms with van der Waals surface area (Å²) in [5.74, 6) is 0. The highest BCUT2D eigenvalue weighted by Crippen LogP contribution is 2.06. The number of hydrogen-bond acceptors (Lipinski definition) is 4. The highest BCUT2D eigenvalue weighted by atomic mass is 16.4. The second-order valence-corrected chi connectivity index (χ2v) is 4.73. The van der Waals surface area contributed by atoms with Gasteiger partial charge in [-0.3, -0.25) is 0 Å². The van der Waals surface area contributed by atoms with Gasteiger partial charge in [0.05, 0.1) is 0 Å². The van der Waals surface area contributed by atoms with Gasteiger partial charge in [0.15, 0.2) is 0 Å². The van der Waals surface area contributed by atoms with E-state index in [1.54, 1.807) is 12.1 Å². The second kappa shape index (κ2) is 5.64. The van der Waals surface area contributed by atoms with Crippen LogP contribution in [-0.2, 0) is 6.42 Å². The Kier molecular flexibility index (Phi) is 4.18. The summed E-state index contributed by atoms with van der Waals surface area (Å²) in [5, 5.41) is 21.5. The first kappa shape index (κ1) is 12.6. The molecule has 0 aliphatic carbocycles. The smallest absolute Gasteiger partial charge is 0.423 e. The van der Waals surface area contributed by atoms with E-state index in [-0.39, 0.29) is 0 Å². The van der Waals surface area contributed by atoms with E-state index in [2.05, 4.69) is 17.3 Å². The van der Waals surface area contributed by atoms with Crippen LogP contribution < -0.4 is 10.8 Å². The molecule has 0 aromatic heterocycles. The molecule has 0 radical (unpaired) electrons. The van der Waals surface area contributed by atoms with Crippen molar-refractivity contribution in [2.45, 2.75) is 12.5 Å². The number of piperazine rings is 1. The van der Waals surface area contributed by atoms with Crippen LogP contribution in [0.5, 0.6) is 0 Å². The molecule has 17 heavy (non-hydrogen) atoms. The standard InChI is InChI=1S/C12H19BN2O2/c1-15-7-6-14-12(9-15)8-10-2-4-11(5-3-10)13(16)17/h2-5,12,14,16-17H,6-9H2,1H3. The monoisotopic (exact) mass is 234 g/mol. The fourth-order valence-electron chi connectivity index (χ4n) is 2.24. The largest absolute Gasteiger partial charge is 0.488 e. The SMILES string of the molecule is CN1CCNC(Cc2ccc(B(O)O)cc2)C1. The summed E-state index contributed by atoms with van der Waals surface area (Å²) in [6.45, 7) is 3.20. The van der Waals surface area contributed by atoms with E-state index in [0.717, 1.165) is 26.1 Å². The van der Waals surface area contributed by atoms with Gasteiger partial charge >= 0.3 is 7.12 Å². The van der Waals surface area contributed by atoms with Gasteiger partial charge in [-0.25, -0.2) is 0 Å². The first-order chi connectivity index (χ1) is 8.15. The summed E-state index contributed by atoms with van der Waals surface area (Å²) in [7, 11) is 0.766. The second-order valence-electron chi connectivity index (χ2n) is 4.73. The number of nitrogens with one attached hydrogen (secondary N) is 1. The summed E-state index contributed by atoms with van der Waals surface area (Å²) in [6.07, 6.45) is 0.978. The molecule has 92 valence electrons. The maximum atomic E-state index is 9.01. The molecule has 2 rings (SSSR count). The molecule has 5 heteroatoms. The average Bonchev–Trinajstić information content (AvgIpc) is 2.29. The third kappa shape index (κ3) is 3.54. The van der Waals surface area contributed by atoms with Crippen molar-refractivity contribution in [3.05, 3.63) is 29.8 Å². The summed E-state index contributed by atoms with van der Waals surface area (Å²) >= 11 is 0. The molecule has 1 atom stereocenters. The number of nitrogens with zero attached hydrogens (tertiary/aromatic N) is 1. The topological polar surface area (TPSA) is 55.7 Å². The van der Waals surface area contributed by atoms with Crippen LogP contribution in [0.15, 0.2) is 24.3 Å². The maximum absolute atomic E-state index is 9.01. The Morgan fingerprint density at radius 3 is 2.65 bits per heavy atom. The Morgan fingerprint density at radius 2 is 2.06 bits per heavy atom. The zero-order valence-electron chi connectivity index (χ0n) is 10.1. The van der Waals surface area contributed by atoms with Gasteiger partial charge in [-0.1, -0.05) is 24.3 Å². The maximum Gasteiger partial charge on any atom is 0.488 e. The molecule has 0 bridgehead atoms. The molecule has 1 aliphatic heterocycles. The lowest BCUT2D eigenvalue weighted by atomic mass is 9.80. The zero-order chi connectivity index (χ0) is 12.3. The first-order valence-corrected chi connectivity index (χ1v) is 6.02. The summed E-state index contributed by atoms with van der Waals surface area (Å²) in [5.41, 5.74) is 1.77. The number of hydrogen-bond donors (Lipinski definition) is 3. The van der Waals surface area contributed by atoms with Gasteiger partial charge in [0.25, 0.3) is 0 Å². The van der Waals surface area contributed by atoms with Gasteiger partial charge < -0.3 is 20.3 Å². The van der Waals surface area contributed by atoms with Crippen LogP contribution in [0.2, 0.25) is 0 Å². The van der Waals surface area contributed by atoms with Gasteiger partial charge in [0.1, 0.15) is 0 Å². The Morgan fingerprint density at radius 1 is 1.35 bits per heavy atom. The number of likely N-dealkylation sites (N-methyl/N-ethyl adjacent to an activating group) is 1. The molecule has 1 heterocycles. The van der Waals surface area contributed by atoms with Gasteiger partial charge in [0.2, 0.25) is 0 Å². The molecule has 1 unspecified atom stereocenters. The molecule has 1 aromatic rings. The lowest BCUT2D eigenvalue weighted by molar-refractivity contribution is 0.238. The highest BCUT2D eigenvalue weighted by Gasteiger charge is 2.17. The minimum absolute atomic E-state index is 0.485. The summed E-state index contributed by atoms with van der Waals surface area (Å²) in [6, 6.07) is 7.95. The molecule has 1 aliphatic rings. The van der Waals surface area contributed by atoms with Crippen molar-refractivity contribution in [2.75, 3.05) is 26.7 Å². The van der Waals surface area contributed by atoms with Crippen LogP contribution in [0.1, 0.15) is 5.56 Å². The predicted molar refractivity (Wildman–Crippen MR) is 69.3 cm³/mol. The van der Waals surface area contributed by atoms with Gasteiger partial charge in [-0.2, -0.15) is 0 Å². The van der Waals surface area contributed by atoms with Crippen molar-refractivity contribution < 1.29 is 10.0 Å². The van der Waals surface area contributed by atoms with Gasteiger partial charge in [-0.15, -0.1) is 0 Å². The molecule has 1 aromatic carbocycles. The number of rotatable bonds is 3. The van der Waals surface area contributed by atoms with E-state index in [1.165, 1.54) is 5.56 Å². The van der Waals surface area contributed by atoms with E-state index < -0.39 is 7.12 Å². The molecular formula is C12H19BN2O2. The van der Waals surface area contributed by atoms with Crippen molar-refractivity contribution in [3.8, 4) is 0 Å². The summed E-state index contributed by atoms with van der Waals surface area (Å²) < 4.78 is 0. The van der Waals surface area contributed by atoms with Crippen LogP contribution in [0.4, 0.5) is 0 Å². The van der Waals surface area contributed by atoms with Gasteiger partial charge in [0, 0.05) is 25.7 Å². The molecular weight excluding hydrogens is 215 g/mol. The van der Waals surface area contributed by atoms with Crippen molar-refractivity contribution in [3.63, 3.8) is 0 Å². The van der Waals surface area contributed by atoms with Gasteiger partial charge in [-0.05, 0) is 24.5 Å². The average molecular weight is 234 g/mol. The molecule has 0 saturated carbocycles. The Bertz CT molecular complexity index is 356. The van der Waals surface area contributed by atoms with Crippen LogP contribution in [0.3, 0.4) is 0 Å². The normalized spacial score (nSPS) is 21.5. The number of benzene rings is 1. The van der Waals surface area contributed by atoms with E-state index in [0.29, 0.717) is 11.5 Å². The lowest BCUT2D eigenvalue weighted by Crippen LogP contribution is -2.49. The molecule has 3 N–H and O–H groups in total. The fraction of sp³-hybridized carbons (Fsp3) is 0.500. The molecule has 0 spiro atoms. The minimum Gasteiger partial charge on any atom is -0.423 e. The minimum atomic E-state index is -1.37. The Hall–Kier alpha value is -0.875. The highest BCUT2D eigenvalue weighted by molar-refractivity contribution is 6.58. The first-order valence-electron chi connectivity index (χ1n) is 6.02. The van der Waals surface area contributed by atoms with Crippen LogP contribution in [0.25, 0.3) is 0 Å². The van der Waals surface area contributed by atoms with Crippen molar-refractivity contribution in [1.29, 1.82) is 0 Å². The zero-order valence-corrected chi connectivity index (χ0v) is 10.1. The van der Waals surface area contributed by atoms with Crippen LogP contribution >= 0.6 is 0 Å². The lowest BCUT2D eigenvalue weighted by Gasteiger charge is -2.31. The van der Waals surface area contributed by atoms with Crippen LogP contribution in [-0.4, -0.2) is 54.8 Å². The molecule has 4 nitrogen and oxygen atoms in total. The van der Waals surface area contributed by atoms with Crippen molar-refractivity contribution in [2.24, 2.45) is 0 Å². The Labute approximate surface area is 102 Å². The van der Waals surface area contributed by atoms with Crippen LogP contribution in [0, 0.1) is 0 Å². The summed E-state index contributed by atoms with van der Waals surface area (Å²) in [4.78, 5) is 2.33. The quantitative estimate of drug-likeness (QED) is 0.576. The molecule has 0 amide bonds. The fourth-order valence-corrected chi connectivity index (χ4v) is 2.24. The van der Waals surface area contributed by atoms with E-state index in [1.807, 2.05) is 12.1 Å². The Balaban J connectivity index is 1.94. The molecule has 1 fully saturated rings. The van der Waals surface area contributed by atoms with Crippen molar-refractivity contribution >= 4 is 12.6 Å². The van der Waals surface area contributed by atoms with E-state index in [4.69, 9.17) is 10.0 Å². The van der Waals surface area contributed by atoms with Crippen molar-refractivity contribution in [1.82, 2.24) is 10.2 Å². The third-order valence-corrected chi connectivity index (χ3v) is 3.22. The molecule has 1 saturated heterocycles.